The average Bonchev–Trinajstić information content (AvgIpc) is 2.39. The molecule has 19 heavy (non-hydrogen) atoms. The molecule has 5 heteroatoms. The van der Waals surface area contributed by atoms with E-state index >= 15 is 0 Å². The molecule has 0 amide bonds. The summed E-state index contributed by atoms with van der Waals surface area (Å²) in [5.41, 5.74) is 1.80. The predicted octanol–water partition coefficient (Wildman–Crippen LogP) is 2.87. The summed E-state index contributed by atoms with van der Waals surface area (Å²) in [6.45, 7) is 3.72. The molecule has 1 heterocycles. The first-order chi connectivity index (χ1) is 9.05. The zero-order valence-electron chi connectivity index (χ0n) is 10.9. The lowest BCUT2D eigenvalue weighted by atomic mass is 9.96. The summed E-state index contributed by atoms with van der Waals surface area (Å²) in [5.74, 6) is 0. The third-order valence-electron chi connectivity index (χ3n) is 2.96. The lowest BCUT2D eigenvalue weighted by molar-refractivity contribution is 0.220. The molecule has 1 unspecified atom stereocenters. The number of halogens is 1. The molecule has 2 rings (SSSR count). The molecule has 0 aliphatic heterocycles. The summed E-state index contributed by atoms with van der Waals surface area (Å²) in [6.07, 6.45) is 3.29. The predicted molar refractivity (Wildman–Crippen MR) is 79.0 cm³/mol. The molecule has 0 saturated heterocycles. The molecule has 0 aliphatic carbocycles. The maximum atomic E-state index is 9.75. The average molecular weight is 322 g/mol. The Morgan fingerprint density at radius 2 is 2.05 bits per heavy atom. The topological polar surface area (TPSA) is 58.0 Å². The van der Waals surface area contributed by atoms with Crippen LogP contribution in [0.5, 0.6) is 0 Å². The highest BCUT2D eigenvalue weighted by Gasteiger charge is 2.29. The number of hydrogen-bond donors (Lipinski definition) is 2. The van der Waals surface area contributed by atoms with Crippen molar-refractivity contribution in [2.45, 2.75) is 19.4 Å². The van der Waals surface area contributed by atoms with Gasteiger partial charge in [0, 0.05) is 22.6 Å². The van der Waals surface area contributed by atoms with E-state index in [0.29, 0.717) is 0 Å². The first-order valence-electron chi connectivity index (χ1n) is 5.98. The Labute approximate surface area is 121 Å². The van der Waals surface area contributed by atoms with Crippen LogP contribution >= 0.6 is 15.9 Å². The van der Waals surface area contributed by atoms with Crippen LogP contribution in [0.1, 0.15) is 18.3 Å². The maximum Gasteiger partial charge on any atom is 0.102 e. The van der Waals surface area contributed by atoms with Gasteiger partial charge < -0.3 is 10.4 Å². The first-order valence-corrected chi connectivity index (χ1v) is 6.77. The van der Waals surface area contributed by atoms with Crippen LogP contribution in [0.3, 0.4) is 0 Å². The number of aryl methyl sites for hydroxylation is 1. The molecule has 0 fully saturated rings. The van der Waals surface area contributed by atoms with Crippen LogP contribution in [0.2, 0.25) is 0 Å². The minimum Gasteiger partial charge on any atom is -0.394 e. The molecule has 100 valence electrons. The monoisotopic (exact) mass is 321 g/mol. The van der Waals surface area contributed by atoms with E-state index in [9.17, 15) is 5.11 Å². The molecular formula is C14H16BrN3O. The summed E-state index contributed by atoms with van der Waals surface area (Å²) < 4.78 is 0.980. The van der Waals surface area contributed by atoms with E-state index in [2.05, 4.69) is 31.2 Å². The largest absolute Gasteiger partial charge is 0.394 e. The van der Waals surface area contributed by atoms with E-state index in [1.165, 1.54) is 0 Å². The Hall–Kier alpha value is -1.46. The maximum absolute atomic E-state index is 9.75. The molecule has 0 aliphatic rings. The van der Waals surface area contributed by atoms with Gasteiger partial charge in [-0.15, -0.1) is 0 Å². The standard InChI is InChI=1S/C14H16BrN3O/c1-10-13(17-7-6-16-10)14(2,9-19)18-12-5-3-4-11(15)8-12/h3-8,18-19H,9H2,1-2H3. The molecule has 1 atom stereocenters. The number of benzene rings is 1. The number of aliphatic hydroxyl groups is 1. The van der Waals surface area contributed by atoms with Crippen LogP contribution in [0.25, 0.3) is 0 Å². The van der Waals surface area contributed by atoms with Gasteiger partial charge in [-0.25, -0.2) is 0 Å². The number of hydrogen-bond acceptors (Lipinski definition) is 4. The highest BCUT2D eigenvalue weighted by atomic mass is 79.9. The Bertz CT molecular complexity index is 576. The van der Waals surface area contributed by atoms with Crippen molar-refractivity contribution in [3.63, 3.8) is 0 Å². The van der Waals surface area contributed by atoms with Crippen LogP contribution in [-0.4, -0.2) is 21.7 Å². The van der Waals surface area contributed by atoms with Gasteiger partial charge in [0.05, 0.1) is 18.0 Å². The minimum atomic E-state index is -0.668. The van der Waals surface area contributed by atoms with Gasteiger partial charge in [0.15, 0.2) is 0 Å². The third kappa shape index (κ3) is 3.11. The number of nitrogens with zero attached hydrogens (tertiary/aromatic N) is 2. The second kappa shape index (κ2) is 5.67. The van der Waals surface area contributed by atoms with Crippen LogP contribution < -0.4 is 5.32 Å². The molecule has 4 nitrogen and oxygen atoms in total. The van der Waals surface area contributed by atoms with Crippen LogP contribution in [0, 0.1) is 6.92 Å². The van der Waals surface area contributed by atoms with E-state index < -0.39 is 5.54 Å². The molecule has 0 bridgehead atoms. The number of anilines is 1. The van der Waals surface area contributed by atoms with Crippen molar-refractivity contribution < 1.29 is 5.11 Å². The highest BCUT2D eigenvalue weighted by molar-refractivity contribution is 9.10. The summed E-state index contributed by atoms with van der Waals surface area (Å²) in [5, 5.41) is 13.1. The molecular weight excluding hydrogens is 306 g/mol. The van der Waals surface area contributed by atoms with Gasteiger partial charge in [0.25, 0.3) is 0 Å². The van der Waals surface area contributed by atoms with E-state index in [0.717, 1.165) is 21.5 Å². The van der Waals surface area contributed by atoms with Gasteiger partial charge in [-0.2, -0.15) is 0 Å². The SMILES string of the molecule is Cc1nccnc1C(C)(CO)Nc1cccc(Br)c1. The summed E-state index contributed by atoms with van der Waals surface area (Å²) in [6, 6.07) is 7.80. The molecule has 2 N–H and O–H groups in total. The van der Waals surface area contributed by atoms with Crippen molar-refractivity contribution in [3.8, 4) is 0 Å². The van der Waals surface area contributed by atoms with E-state index in [1.807, 2.05) is 38.1 Å². The third-order valence-corrected chi connectivity index (χ3v) is 3.46. The van der Waals surface area contributed by atoms with Gasteiger partial charge >= 0.3 is 0 Å². The minimum absolute atomic E-state index is 0.0704. The fraction of sp³-hybridized carbons (Fsp3) is 0.286. The Morgan fingerprint density at radius 3 is 2.68 bits per heavy atom. The highest BCUT2D eigenvalue weighted by Crippen LogP contribution is 2.27. The molecule has 0 saturated carbocycles. The zero-order chi connectivity index (χ0) is 13.9. The normalized spacial score (nSPS) is 13.9. The molecule has 1 aromatic heterocycles. The van der Waals surface area contributed by atoms with Gasteiger partial charge in [-0.3, -0.25) is 9.97 Å². The smallest absolute Gasteiger partial charge is 0.102 e. The summed E-state index contributed by atoms with van der Waals surface area (Å²) in [4.78, 5) is 8.57. The van der Waals surface area contributed by atoms with Crippen molar-refractivity contribution in [2.24, 2.45) is 0 Å². The Morgan fingerprint density at radius 1 is 1.32 bits per heavy atom. The molecule has 0 radical (unpaired) electrons. The fourth-order valence-electron chi connectivity index (χ4n) is 2.01. The van der Waals surface area contributed by atoms with Crippen LogP contribution in [-0.2, 0) is 5.54 Å². The second-order valence-electron chi connectivity index (χ2n) is 4.62. The van der Waals surface area contributed by atoms with Crippen LogP contribution in [0.4, 0.5) is 5.69 Å². The van der Waals surface area contributed by atoms with E-state index in [4.69, 9.17) is 0 Å². The van der Waals surface area contributed by atoms with Crippen molar-refractivity contribution in [2.75, 3.05) is 11.9 Å². The fourth-order valence-corrected chi connectivity index (χ4v) is 2.41. The Kier molecular flexibility index (Phi) is 4.17. The molecule has 2 aromatic rings. The lowest BCUT2D eigenvalue weighted by Crippen LogP contribution is -2.37. The zero-order valence-corrected chi connectivity index (χ0v) is 12.5. The van der Waals surface area contributed by atoms with Crippen molar-refractivity contribution in [3.05, 3.63) is 52.5 Å². The van der Waals surface area contributed by atoms with Crippen molar-refractivity contribution >= 4 is 21.6 Å². The van der Waals surface area contributed by atoms with Gasteiger partial charge in [-0.05, 0) is 32.0 Å². The van der Waals surface area contributed by atoms with E-state index in [-0.39, 0.29) is 6.61 Å². The van der Waals surface area contributed by atoms with Gasteiger partial charge in [0.1, 0.15) is 5.54 Å². The summed E-state index contributed by atoms with van der Waals surface area (Å²) >= 11 is 3.43. The lowest BCUT2D eigenvalue weighted by Gasteiger charge is -2.30. The first kappa shape index (κ1) is 14.0. The number of aliphatic hydroxyl groups excluding tert-OH is 1. The van der Waals surface area contributed by atoms with Crippen molar-refractivity contribution in [1.29, 1.82) is 0 Å². The quantitative estimate of drug-likeness (QED) is 0.909. The number of rotatable bonds is 4. The number of aromatic nitrogens is 2. The van der Waals surface area contributed by atoms with Crippen LogP contribution in [0.15, 0.2) is 41.1 Å². The van der Waals surface area contributed by atoms with Gasteiger partial charge in [0.2, 0.25) is 0 Å². The molecule has 1 aromatic carbocycles. The van der Waals surface area contributed by atoms with Crippen molar-refractivity contribution in [1.82, 2.24) is 9.97 Å². The number of nitrogens with one attached hydrogen (secondary N) is 1. The Balaban J connectivity index is 2.36. The van der Waals surface area contributed by atoms with Gasteiger partial charge in [-0.1, -0.05) is 22.0 Å². The molecule has 0 spiro atoms. The summed E-state index contributed by atoms with van der Waals surface area (Å²) in [7, 11) is 0. The van der Waals surface area contributed by atoms with E-state index in [1.54, 1.807) is 12.4 Å². The second-order valence-corrected chi connectivity index (χ2v) is 5.53.